The fourth-order valence-electron chi connectivity index (χ4n) is 1.92. The third-order valence-corrected chi connectivity index (χ3v) is 3.02. The summed E-state index contributed by atoms with van der Waals surface area (Å²) in [6, 6.07) is 11.9. The van der Waals surface area contributed by atoms with Crippen molar-refractivity contribution in [3.05, 3.63) is 65.7 Å². The molecule has 1 atom stereocenters. The minimum Gasteiger partial charge on any atom is -0.394 e. The summed E-state index contributed by atoms with van der Waals surface area (Å²) < 4.78 is 26.4. The molecule has 100 valence electrons. The number of benzene rings is 2. The van der Waals surface area contributed by atoms with Crippen LogP contribution in [0.1, 0.15) is 12.5 Å². The van der Waals surface area contributed by atoms with Gasteiger partial charge in [-0.3, -0.25) is 0 Å². The summed E-state index contributed by atoms with van der Waals surface area (Å²) in [5.74, 6) is -0.747. The number of aliphatic hydroxyl groups is 1. The van der Waals surface area contributed by atoms with E-state index in [1.54, 1.807) is 31.2 Å². The average molecular weight is 263 g/mol. The highest BCUT2D eigenvalue weighted by Crippen LogP contribution is 2.26. The second-order valence-electron chi connectivity index (χ2n) is 4.64. The Morgan fingerprint density at radius 3 is 2.26 bits per heavy atom. The molecule has 0 aliphatic heterocycles. The maximum absolute atomic E-state index is 13.3. The van der Waals surface area contributed by atoms with Gasteiger partial charge in [0.1, 0.15) is 11.6 Å². The molecule has 2 aromatic carbocycles. The molecule has 0 heterocycles. The van der Waals surface area contributed by atoms with E-state index in [9.17, 15) is 13.9 Å². The molecule has 0 bridgehead atoms. The molecule has 1 unspecified atom stereocenters. The SMILES string of the molecule is CC(CO)(Nc1cccc(F)c1)c1cccc(F)c1. The van der Waals surface area contributed by atoms with E-state index in [4.69, 9.17) is 0 Å². The monoisotopic (exact) mass is 263 g/mol. The second-order valence-corrected chi connectivity index (χ2v) is 4.64. The predicted molar refractivity (Wildman–Crippen MR) is 70.9 cm³/mol. The van der Waals surface area contributed by atoms with Gasteiger partial charge in [0.2, 0.25) is 0 Å². The summed E-state index contributed by atoms with van der Waals surface area (Å²) >= 11 is 0. The Labute approximate surface area is 110 Å². The van der Waals surface area contributed by atoms with Gasteiger partial charge in [0.05, 0.1) is 12.1 Å². The first kappa shape index (κ1) is 13.5. The Hall–Kier alpha value is -1.94. The van der Waals surface area contributed by atoms with Crippen LogP contribution in [0.4, 0.5) is 14.5 Å². The third-order valence-electron chi connectivity index (χ3n) is 3.02. The molecule has 0 aromatic heterocycles. The van der Waals surface area contributed by atoms with Crippen molar-refractivity contribution < 1.29 is 13.9 Å². The smallest absolute Gasteiger partial charge is 0.125 e. The van der Waals surface area contributed by atoms with Gasteiger partial charge in [0.15, 0.2) is 0 Å². The molecular formula is C15H15F2NO. The van der Waals surface area contributed by atoms with Gasteiger partial charge in [-0.1, -0.05) is 18.2 Å². The minimum atomic E-state index is -0.879. The van der Waals surface area contributed by atoms with Crippen LogP contribution in [-0.4, -0.2) is 11.7 Å². The van der Waals surface area contributed by atoms with Crippen molar-refractivity contribution in [1.29, 1.82) is 0 Å². The first-order valence-electron chi connectivity index (χ1n) is 5.94. The molecule has 19 heavy (non-hydrogen) atoms. The second kappa shape index (κ2) is 5.36. The van der Waals surface area contributed by atoms with Crippen LogP contribution >= 0.6 is 0 Å². The molecule has 4 heteroatoms. The number of anilines is 1. The van der Waals surface area contributed by atoms with Gasteiger partial charge in [0.25, 0.3) is 0 Å². The van der Waals surface area contributed by atoms with E-state index in [-0.39, 0.29) is 18.2 Å². The van der Waals surface area contributed by atoms with E-state index >= 15 is 0 Å². The van der Waals surface area contributed by atoms with Crippen molar-refractivity contribution in [2.24, 2.45) is 0 Å². The normalized spacial score (nSPS) is 13.9. The highest BCUT2D eigenvalue weighted by Gasteiger charge is 2.26. The lowest BCUT2D eigenvalue weighted by Crippen LogP contribution is -2.36. The van der Waals surface area contributed by atoms with Crippen molar-refractivity contribution in [3.8, 4) is 0 Å². The molecule has 0 aliphatic carbocycles. The van der Waals surface area contributed by atoms with Crippen molar-refractivity contribution >= 4 is 5.69 Å². The number of hydrogen-bond donors (Lipinski definition) is 2. The van der Waals surface area contributed by atoms with Crippen LogP contribution in [0, 0.1) is 11.6 Å². The zero-order valence-electron chi connectivity index (χ0n) is 10.5. The van der Waals surface area contributed by atoms with Gasteiger partial charge in [-0.2, -0.15) is 0 Å². The molecule has 0 amide bonds. The van der Waals surface area contributed by atoms with Crippen molar-refractivity contribution in [2.45, 2.75) is 12.5 Å². The topological polar surface area (TPSA) is 32.3 Å². The summed E-state index contributed by atoms with van der Waals surface area (Å²) in [7, 11) is 0. The largest absolute Gasteiger partial charge is 0.394 e. The minimum absolute atomic E-state index is 0.243. The lowest BCUT2D eigenvalue weighted by molar-refractivity contribution is 0.223. The molecule has 0 saturated carbocycles. The Morgan fingerprint density at radius 1 is 1.05 bits per heavy atom. The standard InChI is InChI=1S/C15H15F2NO/c1-15(10-19,11-4-2-5-12(16)8-11)18-14-7-3-6-13(17)9-14/h2-9,18-19H,10H2,1H3. The van der Waals surface area contributed by atoms with E-state index in [0.717, 1.165) is 0 Å². The fraction of sp³-hybridized carbons (Fsp3) is 0.200. The zero-order chi connectivity index (χ0) is 13.9. The van der Waals surface area contributed by atoms with Gasteiger partial charge in [0, 0.05) is 5.69 Å². The Kier molecular flexibility index (Phi) is 3.81. The molecule has 2 rings (SSSR count). The summed E-state index contributed by atoms with van der Waals surface area (Å²) in [6.07, 6.45) is 0. The van der Waals surface area contributed by atoms with Crippen LogP contribution in [-0.2, 0) is 5.54 Å². The number of hydrogen-bond acceptors (Lipinski definition) is 2. The Morgan fingerprint density at radius 2 is 1.68 bits per heavy atom. The molecular weight excluding hydrogens is 248 g/mol. The highest BCUT2D eigenvalue weighted by atomic mass is 19.1. The maximum atomic E-state index is 13.3. The molecule has 0 saturated heterocycles. The molecule has 0 fully saturated rings. The van der Waals surface area contributed by atoms with Crippen molar-refractivity contribution in [1.82, 2.24) is 0 Å². The van der Waals surface area contributed by atoms with Gasteiger partial charge in [-0.05, 0) is 42.8 Å². The van der Waals surface area contributed by atoms with E-state index in [1.165, 1.54) is 24.3 Å². The molecule has 2 N–H and O–H groups in total. The number of aliphatic hydroxyl groups excluding tert-OH is 1. The van der Waals surface area contributed by atoms with E-state index in [0.29, 0.717) is 11.3 Å². The van der Waals surface area contributed by atoms with Crippen LogP contribution in [0.5, 0.6) is 0 Å². The Bertz CT molecular complexity index is 574. The average Bonchev–Trinajstić information content (AvgIpc) is 2.38. The summed E-state index contributed by atoms with van der Waals surface area (Å²) in [4.78, 5) is 0. The highest BCUT2D eigenvalue weighted by molar-refractivity contribution is 5.48. The van der Waals surface area contributed by atoms with Crippen LogP contribution < -0.4 is 5.32 Å². The number of rotatable bonds is 4. The van der Waals surface area contributed by atoms with Crippen LogP contribution in [0.25, 0.3) is 0 Å². The Balaban J connectivity index is 2.32. The molecule has 2 aromatic rings. The first-order chi connectivity index (χ1) is 9.03. The molecule has 0 aliphatic rings. The number of halogens is 2. The van der Waals surface area contributed by atoms with E-state index < -0.39 is 5.54 Å². The lowest BCUT2D eigenvalue weighted by atomic mass is 9.92. The molecule has 2 nitrogen and oxygen atoms in total. The van der Waals surface area contributed by atoms with Gasteiger partial charge in [-0.25, -0.2) is 8.78 Å². The van der Waals surface area contributed by atoms with Crippen LogP contribution in [0.15, 0.2) is 48.5 Å². The van der Waals surface area contributed by atoms with Gasteiger partial charge >= 0.3 is 0 Å². The predicted octanol–water partition coefficient (Wildman–Crippen LogP) is 3.28. The fourth-order valence-corrected chi connectivity index (χ4v) is 1.92. The lowest BCUT2D eigenvalue weighted by Gasteiger charge is -2.30. The molecule has 0 radical (unpaired) electrons. The summed E-state index contributed by atoms with van der Waals surface area (Å²) in [6.45, 7) is 1.49. The summed E-state index contributed by atoms with van der Waals surface area (Å²) in [5, 5.41) is 12.6. The third kappa shape index (κ3) is 3.09. The van der Waals surface area contributed by atoms with Crippen LogP contribution in [0.2, 0.25) is 0 Å². The van der Waals surface area contributed by atoms with E-state index in [2.05, 4.69) is 5.32 Å². The van der Waals surface area contributed by atoms with E-state index in [1.807, 2.05) is 0 Å². The quantitative estimate of drug-likeness (QED) is 0.887. The molecule has 0 spiro atoms. The zero-order valence-corrected chi connectivity index (χ0v) is 10.5. The van der Waals surface area contributed by atoms with Crippen molar-refractivity contribution in [3.63, 3.8) is 0 Å². The maximum Gasteiger partial charge on any atom is 0.125 e. The van der Waals surface area contributed by atoms with Gasteiger partial charge in [-0.15, -0.1) is 0 Å². The number of nitrogens with one attached hydrogen (secondary N) is 1. The van der Waals surface area contributed by atoms with Gasteiger partial charge < -0.3 is 10.4 Å². The summed E-state index contributed by atoms with van der Waals surface area (Å²) in [5.41, 5.74) is 0.246. The van der Waals surface area contributed by atoms with Crippen molar-refractivity contribution in [2.75, 3.05) is 11.9 Å². The van der Waals surface area contributed by atoms with Crippen LogP contribution in [0.3, 0.4) is 0 Å². The first-order valence-corrected chi connectivity index (χ1v) is 5.94.